The SMILES string of the molecule is COC(=O)[C@H]1[C@@H](NC(=O)C(c2ccccc2)S(=O)(=O)O)C(=O)N1S(=O)(=O)O.[NaH].[NaH]. The van der Waals surface area contributed by atoms with Gasteiger partial charge >= 0.3 is 75.4 Å². The Balaban J connectivity index is 0.00000392. The molecule has 1 heterocycles. The minimum absolute atomic E-state index is 0. The first kappa shape index (κ1) is 28.5. The zero-order chi connectivity index (χ0) is 20.6. The van der Waals surface area contributed by atoms with Gasteiger partial charge in [-0.3, -0.25) is 18.7 Å². The van der Waals surface area contributed by atoms with Gasteiger partial charge in [-0.05, 0) is 5.56 Å². The van der Waals surface area contributed by atoms with Crippen LogP contribution in [-0.4, -0.2) is 126 Å². The average Bonchev–Trinajstić information content (AvgIpc) is 2.55. The summed E-state index contributed by atoms with van der Waals surface area (Å²) >= 11 is 0. The predicted octanol–water partition coefficient (Wildman–Crippen LogP) is -3.01. The van der Waals surface area contributed by atoms with Crippen molar-refractivity contribution in [3.05, 3.63) is 35.9 Å². The van der Waals surface area contributed by atoms with Gasteiger partial charge in [0, 0.05) is 0 Å². The fraction of sp³-hybridized carbons (Fsp3) is 0.308. The van der Waals surface area contributed by atoms with Gasteiger partial charge in [0.1, 0.15) is 6.04 Å². The van der Waals surface area contributed by atoms with Crippen molar-refractivity contribution >= 4 is 97.3 Å². The zero-order valence-corrected chi connectivity index (χ0v) is 15.2. The third-order valence-corrected chi connectivity index (χ3v) is 5.67. The second-order valence-electron chi connectivity index (χ2n) is 5.37. The summed E-state index contributed by atoms with van der Waals surface area (Å²) in [5.74, 6) is -4.05. The molecular weight excluding hydrogens is 454 g/mol. The number of methoxy groups -OCH3 is 1. The zero-order valence-electron chi connectivity index (χ0n) is 13.5. The molecule has 1 unspecified atom stereocenters. The van der Waals surface area contributed by atoms with Crippen molar-refractivity contribution in [2.24, 2.45) is 0 Å². The van der Waals surface area contributed by atoms with E-state index in [0.29, 0.717) is 0 Å². The number of benzene rings is 1. The molecule has 0 spiro atoms. The molecule has 12 nitrogen and oxygen atoms in total. The van der Waals surface area contributed by atoms with Gasteiger partial charge in [0.05, 0.1) is 7.11 Å². The van der Waals surface area contributed by atoms with Gasteiger partial charge in [0.2, 0.25) is 5.91 Å². The van der Waals surface area contributed by atoms with Crippen molar-refractivity contribution in [2.45, 2.75) is 17.3 Å². The molecule has 2 rings (SSSR count). The summed E-state index contributed by atoms with van der Waals surface area (Å²) in [4.78, 5) is 36.0. The molecule has 1 aliphatic rings. The van der Waals surface area contributed by atoms with Gasteiger partial charge in [0.15, 0.2) is 11.3 Å². The number of nitrogens with one attached hydrogen (secondary N) is 1. The van der Waals surface area contributed by atoms with E-state index in [1.54, 1.807) is 0 Å². The third kappa shape index (κ3) is 6.22. The number of esters is 1. The molecule has 29 heavy (non-hydrogen) atoms. The molecule has 1 aromatic rings. The summed E-state index contributed by atoms with van der Waals surface area (Å²) in [5.41, 5.74) is -0.134. The molecular formula is C13H16N2Na2O10S2. The van der Waals surface area contributed by atoms with E-state index in [-0.39, 0.29) is 69.0 Å². The van der Waals surface area contributed by atoms with Gasteiger partial charge in [-0.15, -0.1) is 0 Å². The molecule has 1 aliphatic heterocycles. The van der Waals surface area contributed by atoms with Crippen molar-refractivity contribution in [1.29, 1.82) is 0 Å². The fourth-order valence-corrected chi connectivity index (χ4v) is 4.20. The molecule has 152 valence electrons. The molecule has 1 aromatic carbocycles. The van der Waals surface area contributed by atoms with E-state index in [0.717, 1.165) is 7.11 Å². The monoisotopic (exact) mass is 470 g/mol. The normalized spacial score (nSPS) is 19.7. The molecule has 1 fully saturated rings. The van der Waals surface area contributed by atoms with Crippen LogP contribution in [0.3, 0.4) is 0 Å². The molecule has 2 amide bonds. The Morgan fingerprint density at radius 3 is 2.03 bits per heavy atom. The second-order valence-corrected chi connectivity index (χ2v) is 8.16. The van der Waals surface area contributed by atoms with Crippen LogP contribution in [0.5, 0.6) is 0 Å². The average molecular weight is 470 g/mol. The summed E-state index contributed by atoms with van der Waals surface area (Å²) in [7, 11) is -9.22. The van der Waals surface area contributed by atoms with Crippen LogP contribution in [-0.2, 0) is 39.5 Å². The van der Waals surface area contributed by atoms with Gasteiger partial charge in [0.25, 0.3) is 16.0 Å². The molecule has 0 aromatic heterocycles. The van der Waals surface area contributed by atoms with Crippen molar-refractivity contribution in [3.63, 3.8) is 0 Å². The van der Waals surface area contributed by atoms with Crippen LogP contribution >= 0.6 is 0 Å². The molecule has 3 atom stereocenters. The summed E-state index contributed by atoms with van der Waals surface area (Å²) in [6.07, 6.45) is 0. The van der Waals surface area contributed by atoms with E-state index in [2.05, 4.69) is 4.74 Å². The van der Waals surface area contributed by atoms with Crippen LogP contribution in [0.25, 0.3) is 0 Å². The van der Waals surface area contributed by atoms with Gasteiger partial charge < -0.3 is 10.1 Å². The number of hydrogen-bond acceptors (Lipinski definition) is 8. The Hall–Kier alpha value is -0.550. The molecule has 0 bridgehead atoms. The van der Waals surface area contributed by atoms with Crippen molar-refractivity contribution in [3.8, 4) is 0 Å². The number of nitrogens with zero attached hydrogens (tertiary/aromatic N) is 1. The summed E-state index contributed by atoms with van der Waals surface area (Å²) in [6, 6.07) is 3.01. The number of hydrogen-bond donors (Lipinski definition) is 3. The van der Waals surface area contributed by atoms with E-state index < -0.39 is 55.5 Å². The number of rotatable bonds is 6. The van der Waals surface area contributed by atoms with Crippen LogP contribution in [0, 0.1) is 0 Å². The van der Waals surface area contributed by atoms with Crippen LogP contribution in [0.1, 0.15) is 10.8 Å². The topological polar surface area (TPSA) is 184 Å². The molecule has 16 heteroatoms. The van der Waals surface area contributed by atoms with Crippen molar-refractivity contribution in [1.82, 2.24) is 9.62 Å². The quantitative estimate of drug-likeness (QED) is 0.167. The van der Waals surface area contributed by atoms with Crippen LogP contribution in [0.15, 0.2) is 30.3 Å². The van der Waals surface area contributed by atoms with Crippen LogP contribution < -0.4 is 5.32 Å². The third-order valence-electron chi connectivity index (χ3n) is 3.68. The molecule has 3 N–H and O–H groups in total. The second kappa shape index (κ2) is 10.7. The predicted molar refractivity (Wildman–Crippen MR) is 101 cm³/mol. The maximum atomic E-state index is 12.4. The van der Waals surface area contributed by atoms with Gasteiger partial charge in [-0.25, -0.2) is 4.79 Å². The van der Waals surface area contributed by atoms with E-state index in [4.69, 9.17) is 4.55 Å². The number of carbonyl (C=O) groups is 3. The maximum absolute atomic E-state index is 12.4. The van der Waals surface area contributed by atoms with Gasteiger partial charge in [-0.2, -0.15) is 21.1 Å². The van der Waals surface area contributed by atoms with Crippen molar-refractivity contribution in [2.75, 3.05) is 7.11 Å². The summed E-state index contributed by atoms with van der Waals surface area (Å²) in [6.45, 7) is 0. The number of β-lactam (4-membered cyclic amide) rings is 1. The first-order chi connectivity index (χ1) is 12.4. The molecule has 0 aliphatic carbocycles. The first-order valence-electron chi connectivity index (χ1n) is 7.09. The fourth-order valence-electron chi connectivity index (χ4n) is 2.53. The Morgan fingerprint density at radius 1 is 1.10 bits per heavy atom. The Morgan fingerprint density at radius 2 is 1.62 bits per heavy atom. The standard InChI is InChI=1S/C13H14N2O10S2.2Na.2H/c1-25-13(18)9-8(12(17)15(9)27(22,23)24)14-11(16)10(26(19,20)21)7-5-3-2-4-6-7;;;;/h2-6,8-10H,1H3,(H,14,16)(H,19,20,21)(H,22,23,24);;;;/t8-,9-,10?;;;;/m1..../s1. The number of ether oxygens (including phenoxy) is 1. The first-order valence-corrected chi connectivity index (χ1v) is 9.99. The van der Waals surface area contributed by atoms with Gasteiger partial charge in [-0.1, -0.05) is 30.3 Å². The number of amides is 2. The van der Waals surface area contributed by atoms with Crippen LogP contribution in [0.2, 0.25) is 0 Å². The van der Waals surface area contributed by atoms with E-state index in [9.17, 15) is 35.8 Å². The molecule has 0 radical (unpaired) electrons. The van der Waals surface area contributed by atoms with Crippen molar-refractivity contribution < 1.29 is 45.1 Å². The molecule has 1 saturated heterocycles. The summed E-state index contributed by atoms with van der Waals surface area (Å²) in [5, 5.41) is -0.242. The Labute approximate surface area is 210 Å². The van der Waals surface area contributed by atoms with E-state index in [1.807, 2.05) is 5.32 Å². The Bertz CT molecular complexity index is 984. The minimum atomic E-state index is -5.13. The van der Waals surface area contributed by atoms with Crippen LogP contribution in [0.4, 0.5) is 0 Å². The number of carbonyl (C=O) groups excluding carboxylic acids is 3. The summed E-state index contributed by atoms with van der Waals surface area (Å²) < 4.78 is 68.1. The van der Waals surface area contributed by atoms with E-state index >= 15 is 0 Å². The Kier molecular flexibility index (Phi) is 10.5. The van der Waals surface area contributed by atoms with E-state index in [1.165, 1.54) is 30.3 Å². The molecule has 0 saturated carbocycles.